The first-order valence-electron chi connectivity index (χ1n) is 7.15. The van der Waals surface area contributed by atoms with Crippen LogP contribution in [0, 0.1) is 5.82 Å². The van der Waals surface area contributed by atoms with Crippen LogP contribution in [0.4, 0.5) is 4.39 Å². The second-order valence-corrected chi connectivity index (χ2v) is 5.65. The Kier molecular flexibility index (Phi) is 6.64. The van der Waals surface area contributed by atoms with Crippen LogP contribution in [0.2, 0.25) is 0 Å². The summed E-state index contributed by atoms with van der Waals surface area (Å²) in [6.07, 6.45) is 0. The zero-order chi connectivity index (χ0) is 16.7. The van der Waals surface area contributed by atoms with Crippen molar-refractivity contribution in [3.05, 3.63) is 41.2 Å². The molecule has 5 nitrogen and oxygen atoms in total. The fraction of sp³-hybridized carbons (Fsp3) is 0.375. The molecule has 7 heteroatoms. The van der Waals surface area contributed by atoms with Gasteiger partial charge in [-0.2, -0.15) is 0 Å². The van der Waals surface area contributed by atoms with E-state index in [1.807, 2.05) is 0 Å². The largest absolute Gasteiger partial charge is 0.383 e. The number of ether oxygens (including phenoxy) is 2. The molecule has 124 valence electrons. The lowest BCUT2D eigenvalue weighted by atomic mass is 10.2. The molecule has 0 bridgehead atoms. The standard InChI is InChI=1S/C16H19FN2O3S/c1-21-9-7-19(8-10-22-2)16(20)14-11-23-15(18-14)12-5-3-4-6-13(12)17/h3-6,11H,7-10H2,1-2H3. The zero-order valence-corrected chi connectivity index (χ0v) is 13.9. The molecule has 0 N–H and O–H groups in total. The lowest BCUT2D eigenvalue weighted by molar-refractivity contribution is 0.0622. The Morgan fingerprint density at radius 1 is 1.22 bits per heavy atom. The van der Waals surface area contributed by atoms with E-state index in [9.17, 15) is 9.18 Å². The highest BCUT2D eigenvalue weighted by Crippen LogP contribution is 2.26. The fourth-order valence-electron chi connectivity index (χ4n) is 2.01. The Hall–Kier alpha value is -1.83. The van der Waals surface area contributed by atoms with Crippen LogP contribution in [-0.2, 0) is 9.47 Å². The summed E-state index contributed by atoms with van der Waals surface area (Å²) in [5, 5.41) is 2.14. The highest BCUT2D eigenvalue weighted by molar-refractivity contribution is 7.13. The lowest BCUT2D eigenvalue weighted by Gasteiger charge is -2.20. The Balaban J connectivity index is 2.16. The van der Waals surface area contributed by atoms with Crippen molar-refractivity contribution in [1.29, 1.82) is 0 Å². The van der Waals surface area contributed by atoms with E-state index in [0.29, 0.717) is 42.6 Å². The average Bonchev–Trinajstić information content (AvgIpc) is 3.04. The highest BCUT2D eigenvalue weighted by atomic mass is 32.1. The second kappa shape index (κ2) is 8.71. The summed E-state index contributed by atoms with van der Waals surface area (Å²) in [4.78, 5) is 18.5. The Morgan fingerprint density at radius 3 is 2.48 bits per heavy atom. The minimum Gasteiger partial charge on any atom is -0.383 e. The number of amides is 1. The Bertz CT molecular complexity index is 640. The van der Waals surface area contributed by atoms with Gasteiger partial charge in [-0.05, 0) is 12.1 Å². The van der Waals surface area contributed by atoms with Gasteiger partial charge < -0.3 is 14.4 Å². The SMILES string of the molecule is COCCN(CCOC)C(=O)c1csc(-c2ccccc2F)n1. The summed E-state index contributed by atoms with van der Waals surface area (Å²) in [5.74, 6) is -0.561. The molecule has 0 fully saturated rings. The predicted molar refractivity (Wildman–Crippen MR) is 87.2 cm³/mol. The molecular formula is C16H19FN2O3S. The number of hydrogen-bond donors (Lipinski definition) is 0. The van der Waals surface area contributed by atoms with E-state index in [1.165, 1.54) is 17.4 Å². The predicted octanol–water partition coefficient (Wildman–Crippen LogP) is 2.68. The number of aromatic nitrogens is 1. The number of benzene rings is 1. The molecule has 0 radical (unpaired) electrons. The van der Waals surface area contributed by atoms with Crippen LogP contribution in [0.1, 0.15) is 10.5 Å². The third-order valence-corrected chi connectivity index (χ3v) is 4.12. The molecular weight excluding hydrogens is 319 g/mol. The third-order valence-electron chi connectivity index (χ3n) is 3.25. The Morgan fingerprint density at radius 2 is 1.87 bits per heavy atom. The molecule has 2 rings (SSSR count). The summed E-state index contributed by atoms with van der Waals surface area (Å²) in [7, 11) is 3.16. The lowest BCUT2D eigenvalue weighted by Crippen LogP contribution is -2.36. The minimum atomic E-state index is -0.350. The van der Waals surface area contributed by atoms with Crippen LogP contribution < -0.4 is 0 Å². The molecule has 2 aromatic rings. The second-order valence-electron chi connectivity index (χ2n) is 4.80. The molecule has 0 aliphatic heterocycles. The van der Waals surface area contributed by atoms with Gasteiger partial charge in [0.25, 0.3) is 5.91 Å². The minimum absolute atomic E-state index is 0.210. The normalized spacial score (nSPS) is 10.7. The zero-order valence-electron chi connectivity index (χ0n) is 13.1. The van der Waals surface area contributed by atoms with Crippen molar-refractivity contribution in [2.75, 3.05) is 40.5 Å². The monoisotopic (exact) mass is 338 g/mol. The van der Waals surface area contributed by atoms with E-state index in [4.69, 9.17) is 9.47 Å². The molecule has 23 heavy (non-hydrogen) atoms. The topological polar surface area (TPSA) is 51.7 Å². The number of carbonyl (C=O) groups excluding carboxylic acids is 1. The molecule has 0 aliphatic rings. The van der Waals surface area contributed by atoms with Crippen LogP contribution in [0.15, 0.2) is 29.6 Å². The van der Waals surface area contributed by atoms with Crippen LogP contribution in [0.5, 0.6) is 0 Å². The summed E-state index contributed by atoms with van der Waals surface area (Å²) >= 11 is 1.25. The van der Waals surface area contributed by atoms with Crippen molar-refractivity contribution in [2.45, 2.75) is 0 Å². The highest BCUT2D eigenvalue weighted by Gasteiger charge is 2.19. The van der Waals surface area contributed by atoms with E-state index in [-0.39, 0.29) is 11.7 Å². The van der Waals surface area contributed by atoms with Gasteiger partial charge in [-0.3, -0.25) is 4.79 Å². The van der Waals surface area contributed by atoms with E-state index in [1.54, 1.807) is 42.7 Å². The van der Waals surface area contributed by atoms with E-state index in [0.717, 1.165) is 0 Å². The van der Waals surface area contributed by atoms with Crippen molar-refractivity contribution in [3.63, 3.8) is 0 Å². The van der Waals surface area contributed by atoms with Gasteiger partial charge in [0.05, 0.1) is 13.2 Å². The van der Waals surface area contributed by atoms with Gasteiger partial charge >= 0.3 is 0 Å². The molecule has 1 aromatic heterocycles. The molecule has 0 aliphatic carbocycles. The van der Waals surface area contributed by atoms with Crippen molar-refractivity contribution < 1.29 is 18.7 Å². The van der Waals surface area contributed by atoms with Crippen molar-refractivity contribution in [1.82, 2.24) is 9.88 Å². The first kappa shape index (κ1) is 17.5. The maximum Gasteiger partial charge on any atom is 0.273 e. The number of rotatable bonds is 8. The number of carbonyl (C=O) groups is 1. The van der Waals surface area contributed by atoms with E-state index < -0.39 is 0 Å². The van der Waals surface area contributed by atoms with Gasteiger partial charge in [0.15, 0.2) is 0 Å². The van der Waals surface area contributed by atoms with Crippen LogP contribution in [-0.4, -0.2) is 56.3 Å². The van der Waals surface area contributed by atoms with Gasteiger partial charge in [-0.25, -0.2) is 9.37 Å². The molecule has 1 amide bonds. The molecule has 0 unspecified atom stereocenters. The summed E-state index contributed by atoms with van der Waals surface area (Å²) in [5.41, 5.74) is 0.706. The van der Waals surface area contributed by atoms with Crippen LogP contribution in [0.25, 0.3) is 10.6 Å². The first-order valence-corrected chi connectivity index (χ1v) is 8.03. The summed E-state index contributed by atoms with van der Waals surface area (Å²) < 4.78 is 23.9. The van der Waals surface area contributed by atoms with Crippen molar-refractivity contribution >= 4 is 17.2 Å². The van der Waals surface area contributed by atoms with E-state index in [2.05, 4.69) is 4.98 Å². The molecule has 0 spiro atoms. The van der Waals surface area contributed by atoms with Crippen LogP contribution >= 0.6 is 11.3 Å². The van der Waals surface area contributed by atoms with Gasteiger partial charge in [0.2, 0.25) is 0 Å². The van der Waals surface area contributed by atoms with Crippen molar-refractivity contribution in [3.8, 4) is 10.6 Å². The maximum atomic E-state index is 13.8. The maximum absolute atomic E-state index is 13.8. The van der Waals surface area contributed by atoms with Gasteiger partial charge in [-0.15, -0.1) is 11.3 Å². The molecule has 0 saturated heterocycles. The third kappa shape index (κ3) is 4.57. The summed E-state index contributed by atoms with van der Waals surface area (Å²) in [6, 6.07) is 6.39. The smallest absolute Gasteiger partial charge is 0.273 e. The van der Waals surface area contributed by atoms with E-state index >= 15 is 0 Å². The fourth-order valence-corrected chi connectivity index (χ4v) is 2.83. The van der Waals surface area contributed by atoms with Crippen molar-refractivity contribution in [2.24, 2.45) is 0 Å². The van der Waals surface area contributed by atoms with Gasteiger partial charge in [0, 0.05) is 38.3 Å². The van der Waals surface area contributed by atoms with Gasteiger partial charge in [0.1, 0.15) is 16.5 Å². The number of hydrogen-bond acceptors (Lipinski definition) is 5. The quantitative estimate of drug-likeness (QED) is 0.743. The number of halogens is 1. The molecule has 1 aromatic carbocycles. The van der Waals surface area contributed by atoms with Crippen LogP contribution in [0.3, 0.4) is 0 Å². The molecule has 0 atom stereocenters. The molecule has 1 heterocycles. The Labute approximate surface area is 138 Å². The number of methoxy groups -OCH3 is 2. The summed E-state index contributed by atoms with van der Waals surface area (Å²) in [6.45, 7) is 1.76. The molecule has 0 saturated carbocycles. The van der Waals surface area contributed by atoms with Gasteiger partial charge in [-0.1, -0.05) is 12.1 Å². The number of thiazole rings is 1. The number of nitrogens with zero attached hydrogens (tertiary/aromatic N) is 2. The first-order chi connectivity index (χ1) is 11.2. The average molecular weight is 338 g/mol.